The predicted molar refractivity (Wildman–Crippen MR) is 39.6 cm³/mol. The van der Waals surface area contributed by atoms with Crippen LogP contribution >= 0.6 is 0 Å². The summed E-state index contributed by atoms with van der Waals surface area (Å²) in [6, 6.07) is 2.10. The number of benzene rings is 1. The van der Waals surface area contributed by atoms with Crippen molar-refractivity contribution in [1.29, 1.82) is 0 Å². The molecule has 0 bridgehead atoms. The Morgan fingerprint density at radius 2 is 2.08 bits per heavy atom. The summed E-state index contributed by atoms with van der Waals surface area (Å²) in [5.74, 6) is -1.20. The molecule has 0 saturated heterocycles. The van der Waals surface area contributed by atoms with Gasteiger partial charge in [-0.25, -0.2) is 8.78 Å². The summed E-state index contributed by atoms with van der Waals surface area (Å²) < 4.78 is 25.6. The van der Waals surface area contributed by atoms with E-state index in [2.05, 4.69) is 0 Å². The van der Waals surface area contributed by atoms with Crippen LogP contribution in [0.15, 0.2) is 12.1 Å². The summed E-state index contributed by atoms with van der Waals surface area (Å²) >= 11 is 0. The molecule has 3 heteroatoms. The van der Waals surface area contributed by atoms with Crippen LogP contribution < -0.4 is 0 Å². The minimum Gasteiger partial charge on any atom is -0.388 e. The lowest BCUT2D eigenvalue weighted by Gasteiger charge is -2.04. The van der Waals surface area contributed by atoms with Crippen LogP contribution in [0.1, 0.15) is 23.7 Å². The third kappa shape index (κ3) is 1.01. The molecule has 0 aromatic heterocycles. The first kappa shape index (κ1) is 7.68. The Hall–Kier alpha value is -0.960. The molecule has 1 aromatic rings. The van der Waals surface area contributed by atoms with Crippen molar-refractivity contribution in [3.05, 3.63) is 34.9 Å². The molecule has 1 aliphatic carbocycles. The van der Waals surface area contributed by atoms with Gasteiger partial charge in [-0.3, -0.25) is 0 Å². The van der Waals surface area contributed by atoms with Gasteiger partial charge in [0.2, 0.25) is 0 Å². The van der Waals surface area contributed by atoms with Gasteiger partial charge in [0.25, 0.3) is 0 Å². The minimum atomic E-state index is -0.749. The summed E-state index contributed by atoms with van der Waals surface area (Å²) in [5, 5.41) is 9.29. The van der Waals surface area contributed by atoms with E-state index in [0.29, 0.717) is 18.4 Å². The highest BCUT2D eigenvalue weighted by molar-refractivity contribution is 5.35. The summed E-state index contributed by atoms with van der Waals surface area (Å²) in [7, 11) is 0. The normalized spacial score (nSPS) is 21.1. The third-order valence-corrected chi connectivity index (χ3v) is 2.20. The number of aryl methyl sites for hydroxylation is 1. The standard InChI is InChI=1S/C9H8F2O/c10-6-3-5-1-2-8(12)9(5)7(11)4-6/h3-4,8,12H,1-2H2. The lowest BCUT2D eigenvalue weighted by molar-refractivity contribution is 0.175. The first-order valence-electron chi connectivity index (χ1n) is 3.84. The van der Waals surface area contributed by atoms with Crippen molar-refractivity contribution in [2.75, 3.05) is 0 Å². The minimum absolute atomic E-state index is 0.274. The van der Waals surface area contributed by atoms with E-state index in [0.717, 1.165) is 6.07 Å². The zero-order valence-electron chi connectivity index (χ0n) is 6.35. The first-order chi connectivity index (χ1) is 5.68. The zero-order valence-corrected chi connectivity index (χ0v) is 6.35. The van der Waals surface area contributed by atoms with Crippen molar-refractivity contribution in [3.63, 3.8) is 0 Å². The number of halogens is 2. The van der Waals surface area contributed by atoms with Gasteiger partial charge in [0.15, 0.2) is 0 Å². The molecular weight excluding hydrogens is 162 g/mol. The molecule has 2 rings (SSSR count). The SMILES string of the molecule is OC1CCc2cc(F)cc(F)c21. The maximum absolute atomic E-state index is 13.0. The molecule has 0 saturated carbocycles. The average Bonchev–Trinajstić information content (AvgIpc) is 2.31. The number of hydrogen-bond acceptors (Lipinski definition) is 1. The zero-order chi connectivity index (χ0) is 8.72. The summed E-state index contributed by atoms with van der Waals surface area (Å²) in [6.45, 7) is 0. The third-order valence-electron chi connectivity index (χ3n) is 2.20. The van der Waals surface area contributed by atoms with Crippen molar-refractivity contribution in [2.24, 2.45) is 0 Å². The summed E-state index contributed by atoms with van der Waals surface area (Å²) in [4.78, 5) is 0. The molecule has 1 aromatic carbocycles. The van der Waals surface area contributed by atoms with Gasteiger partial charge in [0, 0.05) is 11.6 Å². The molecule has 0 radical (unpaired) electrons. The highest BCUT2D eigenvalue weighted by atomic mass is 19.1. The van der Waals surface area contributed by atoms with E-state index >= 15 is 0 Å². The second-order valence-electron chi connectivity index (χ2n) is 3.01. The van der Waals surface area contributed by atoms with Crippen LogP contribution in [0, 0.1) is 11.6 Å². The molecule has 0 spiro atoms. The molecule has 0 fully saturated rings. The van der Waals surface area contributed by atoms with Crippen LogP contribution in [-0.4, -0.2) is 5.11 Å². The Bertz CT molecular complexity index is 323. The van der Waals surface area contributed by atoms with Gasteiger partial charge >= 0.3 is 0 Å². The fraction of sp³-hybridized carbons (Fsp3) is 0.333. The van der Waals surface area contributed by atoms with E-state index in [1.165, 1.54) is 6.07 Å². The Morgan fingerprint density at radius 1 is 1.33 bits per heavy atom. The highest BCUT2D eigenvalue weighted by Crippen LogP contribution is 2.33. The lowest BCUT2D eigenvalue weighted by Crippen LogP contribution is -1.96. The van der Waals surface area contributed by atoms with E-state index in [1.807, 2.05) is 0 Å². The van der Waals surface area contributed by atoms with Crippen LogP contribution in [0.2, 0.25) is 0 Å². The topological polar surface area (TPSA) is 20.2 Å². The average molecular weight is 170 g/mol. The van der Waals surface area contributed by atoms with Crippen molar-refractivity contribution in [3.8, 4) is 0 Å². The van der Waals surface area contributed by atoms with Crippen LogP contribution in [0.25, 0.3) is 0 Å². The van der Waals surface area contributed by atoms with Gasteiger partial charge in [-0.2, -0.15) is 0 Å². The van der Waals surface area contributed by atoms with Crippen LogP contribution in [0.3, 0.4) is 0 Å². The Kier molecular flexibility index (Phi) is 1.61. The molecule has 1 N–H and O–H groups in total. The van der Waals surface area contributed by atoms with Gasteiger partial charge in [-0.1, -0.05) is 0 Å². The number of hydrogen-bond donors (Lipinski definition) is 1. The monoisotopic (exact) mass is 170 g/mol. The van der Waals surface area contributed by atoms with E-state index in [-0.39, 0.29) is 5.56 Å². The maximum atomic E-state index is 13.0. The Labute approximate surface area is 68.6 Å². The number of aliphatic hydroxyl groups excluding tert-OH is 1. The van der Waals surface area contributed by atoms with Crippen LogP contribution in [0.4, 0.5) is 8.78 Å². The molecule has 64 valence electrons. The molecule has 1 nitrogen and oxygen atoms in total. The molecule has 1 unspecified atom stereocenters. The quantitative estimate of drug-likeness (QED) is 0.630. The number of rotatable bonds is 0. The van der Waals surface area contributed by atoms with Gasteiger partial charge in [-0.05, 0) is 24.5 Å². The highest BCUT2D eigenvalue weighted by Gasteiger charge is 2.24. The Morgan fingerprint density at radius 3 is 2.83 bits per heavy atom. The first-order valence-corrected chi connectivity index (χ1v) is 3.84. The van der Waals surface area contributed by atoms with E-state index in [4.69, 9.17) is 0 Å². The van der Waals surface area contributed by atoms with Crippen LogP contribution in [-0.2, 0) is 6.42 Å². The van der Waals surface area contributed by atoms with Gasteiger partial charge in [0.1, 0.15) is 11.6 Å². The Balaban J connectivity index is 2.60. The van der Waals surface area contributed by atoms with Gasteiger partial charge < -0.3 is 5.11 Å². The fourth-order valence-electron chi connectivity index (χ4n) is 1.65. The van der Waals surface area contributed by atoms with Gasteiger partial charge in [0.05, 0.1) is 6.10 Å². The maximum Gasteiger partial charge on any atom is 0.132 e. The summed E-state index contributed by atoms with van der Waals surface area (Å²) in [5.41, 5.74) is 0.872. The van der Waals surface area contributed by atoms with E-state index in [9.17, 15) is 13.9 Å². The molecule has 1 aliphatic rings. The lowest BCUT2D eigenvalue weighted by atomic mass is 10.1. The van der Waals surface area contributed by atoms with Crippen molar-refractivity contribution < 1.29 is 13.9 Å². The van der Waals surface area contributed by atoms with Crippen molar-refractivity contribution in [2.45, 2.75) is 18.9 Å². The molecule has 0 amide bonds. The second kappa shape index (κ2) is 2.52. The second-order valence-corrected chi connectivity index (χ2v) is 3.01. The largest absolute Gasteiger partial charge is 0.388 e. The molecule has 12 heavy (non-hydrogen) atoms. The van der Waals surface area contributed by atoms with Crippen molar-refractivity contribution in [1.82, 2.24) is 0 Å². The predicted octanol–water partition coefficient (Wildman–Crippen LogP) is 1.94. The van der Waals surface area contributed by atoms with Crippen molar-refractivity contribution >= 4 is 0 Å². The van der Waals surface area contributed by atoms with Crippen LogP contribution in [0.5, 0.6) is 0 Å². The number of fused-ring (bicyclic) bond motifs is 1. The van der Waals surface area contributed by atoms with E-state index in [1.54, 1.807) is 0 Å². The molecular formula is C9H8F2O. The molecule has 1 atom stereocenters. The summed E-state index contributed by atoms with van der Waals surface area (Å²) in [6.07, 6.45) is 0.307. The van der Waals surface area contributed by atoms with Gasteiger partial charge in [-0.15, -0.1) is 0 Å². The van der Waals surface area contributed by atoms with E-state index < -0.39 is 17.7 Å². The number of aliphatic hydroxyl groups is 1. The molecule has 0 heterocycles. The fourth-order valence-corrected chi connectivity index (χ4v) is 1.65. The smallest absolute Gasteiger partial charge is 0.132 e. The molecule has 0 aliphatic heterocycles.